The fourth-order valence-corrected chi connectivity index (χ4v) is 4.42. The Morgan fingerprint density at radius 1 is 0.545 bits per heavy atom. The lowest BCUT2D eigenvalue weighted by molar-refractivity contribution is -0.929. The van der Waals surface area contributed by atoms with Gasteiger partial charge in [0.25, 0.3) is 0 Å². The van der Waals surface area contributed by atoms with E-state index in [1.807, 2.05) is 0 Å². The average Bonchev–Trinajstić information content (AvgIpc) is 2.75. The predicted octanol–water partition coefficient (Wildman–Crippen LogP) is 5.87. The Kier molecular flexibility index (Phi) is 19.5. The third-order valence-corrected chi connectivity index (χ3v) is 6.31. The van der Waals surface area contributed by atoms with Crippen LogP contribution in [0.4, 0.5) is 0 Å². The Morgan fingerprint density at radius 2 is 0.879 bits per heavy atom. The summed E-state index contributed by atoms with van der Waals surface area (Å²) in [7, 11) is 0. The number of allylic oxidation sites excluding steroid dienone is 2. The molecule has 0 aliphatic carbocycles. The number of carboxylic acid groups (broad SMARTS) is 3. The number of hydrogen-bond acceptors (Lipinski definition) is 3. The Morgan fingerprint density at radius 3 is 1.24 bits per heavy atom. The minimum Gasteiger partial charge on any atom is -0.481 e. The van der Waals surface area contributed by atoms with Crippen LogP contribution in [0.3, 0.4) is 0 Å². The van der Waals surface area contributed by atoms with Gasteiger partial charge in [0.05, 0.1) is 26.2 Å². The number of rotatable bonds is 24. The molecule has 192 valence electrons. The first-order valence-corrected chi connectivity index (χ1v) is 12.9. The summed E-state index contributed by atoms with van der Waals surface area (Å²) in [5.74, 6) is -2.32. The van der Waals surface area contributed by atoms with Gasteiger partial charge in [0.2, 0.25) is 0 Å². The highest BCUT2D eigenvalue weighted by molar-refractivity contribution is 5.67. The molecule has 0 heterocycles. The van der Waals surface area contributed by atoms with E-state index in [0.717, 1.165) is 62.8 Å². The lowest BCUT2D eigenvalue weighted by Crippen LogP contribution is -2.51. The second-order valence-electron chi connectivity index (χ2n) is 9.27. The smallest absolute Gasteiger partial charge is 0.303 e. The summed E-state index contributed by atoms with van der Waals surface area (Å²) in [6.07, 6.45) is 17.6. The van der Waals surface area contributed by atoms with Gasteiger partial charge in [-0.05, 0) is 71.1 Å². The van der Waals surface area contributed by atoms with Gasteiger partial charge in [0, 0.05) is 19.3 Å². The average molecular weight is 471 g/mol. The van der Waals surface area contributed by atoms with Gasteiger partial charge in [-0.15, -0.1) is 0 Å². The number of carboxylic acids is 3. The highest BCUT2D eigenvalue weighted by Gasteiger charge is 2.26. The van der Waals surface area contributed by atoms with Crippen molar-refractivity contribution in [2.45, 2.75) is 110 Å². The first kappa shape index (κ1) is 31.1. The van der Waals surface area contributed by atoms with Gasteiger partial charge in [-0.25, -0.2) is 0 Å². The molecule has 33 heavy (non-hydrogen) atoms. The molecular weight excluding hydrogens is 422 g/mol. The number of unbranched alkanes of at least 4 members (excludes halogenated alkanes) is 9. The van der Waals surface area contributed by atoms with Crippen LogP contribution in [0.15, 0.2) is 12.2 Å². The summed E-state index contributed by atoms with van der Waals surface area (Å²) in [5.41, 5.74) is 0. The number of hydrogen-bond donors (Lipinski definition) is 3. The Hall–Kier alpha value is -1.89. The van der Waals surface area contributed by atoms with Gasteiger partial charge in [-0.2, -0.15) is 0 Å². The Labute approximate surface area is 200 Å². The van der Waals surface area contributed by atoms with Gasteiger partial charge < -0.3 is 19.8 Å². The van der Waals surface area contributed by atoms with Crippen molar-refractivity contribution in [1.82, 2.24) is 0 Å². The van der Waals surface area contributed by atoms with Gasteiger partial charge >= 0.3 is 17.9 Å². The quantitative estimate of drug-likeness (QED) is 0.0923. The summed E-state index contributed by atoms with van der Waals surface area (Å²) in [6.45, 7) is 5.71. The molecule has 0 aromatic rings. The standard InChI is InChI=1S/C26H47NO6/c1-2-3-4-5-6-7-8-9-13-20-27(21-14-10-17-24(28)29,22-15-11-18-25(30)31)23-16-12-19-26(32)33/h2-3H,4-23H2,1H3,(H2-,28,29,30,31,32,33)/p+1/b3-2+. The fraction of sp³-hybridized carbons (Fsp3) is 0.808. The van der Waals surface area contributed by atoms with Crippen molar-refractivity contribution in [3.63, 3.8) is 0 Å². The third-order valence-electron chi connectivity index (χ3n) is 6.31. The SMILES string of the molecule is C/C=C/CCCCCCCC[N+](CCCCC(=O)O)(CCCCC(=O)O)CCCCC(=O)O. The minimum atomic E-state index is -0.773. The van der Waals surface area contributed by atoms with Crippen molar-refractivity contribution in [3.8, 4) is 0 Å². The molecule has 0 fully saturated rings. The van der Waals surface area contributed by atoms with Crippen LogP contribution in [0.1, 0.15) is 110 Å². The van der Waals surface area contributed by atoms with Crippen molar-refractivity contribution in [2.24, 2.45) is 0 Å². The fourth-order valence-electron chi connectivity index (χ4n) is 4.42. The van der Waals surface area contributed by atoms with Crippen LogP contribution in [0, 0.1) is 0 Å². The van der Waals surface area contributed by atoms with Crippen LogP contribution in [0.2, 0.25) is 0 Å². The van der Waals surface area contributed by atoms with Crippen molar-refractivity contribution < 1.29 is 34.2 Å². The van der Waals surface area contributed by atoms with Crippen molar-refractivity contribution in [3.05, 3.63) is 12.2 Å². The predicted molar refractivity (Wildman–Crippen MR) is 131 cm³/mol. The molecule has 0 radical (unpaired) electrons. The zero-order valence-electron chi connectivity index (χ0n) is 20.8. The third kappa shape index (κ3) is 20.4. The Balaban J connectivity index is 4.80. The molecular formula is C26H48NO6+. The lowest BCUT2D eigenvalue weighted by Gasteiger charge is -2.39. The van der Waals surface area contributed by atoms with E-state index in [0.29, 0.717) is 19.3 Å². The van der Waals surface area contributed by atoms with E-state index >= 15 is 0 Å². The zero-order valence-corrected chi connectivity index (χ0v) is 20.8. The highest BCUT2D eigenvalue weighted by Crippen LogP contribution is 2.19. The van der Waals surface area contributed by atoms with E-state index in [2.05, 4.69) is 19.1 Å². The van der Waals surface area contributed by atoms with Crippen LogP contribution < -0.4 is 0 Å². The lowest BCUT2D eigenvalue weighted by atomic mass is 10.1. The normalized spacial score (nSPS) is 11.8. The zero-order chi connectivity index (χ0) is 24.8. The molecule has 0 aromatic carbocycles. The van der Waals surface area contributed by atoms with E-state index in [-0.39, 0.29) is 19.3 Å². The van der Waals surface area contributed by atoms with E-state index in [1.165, 1.54) is 32.1 Å². The van der Waals surface area contributed by atoms with Crippen molar-refractivity contribution in [1.29, 1.82) is 0 Å². The van der Waals surface area contributed by atoms with Crippen LogP contribution in [-0.4, -0.2) is 63.9 Å². The van der Waals surface area contributed by atoms with Crippen LogP contribution in [0.25, 0.3) is 0 Å². The van der Waals surface area contributed by atoms with Gasteiger partial charge in [-0.1, -0.05) is 31.4 Å². The first-order chi connectivity index (χ1) is 15.8. The van der Waals surface area contributed by atoms with Gasteiger partial charge in [0.15, 0.2) is 0 Å². The number of aliphatic carboxylic acids is 3. The summed E-state index contributed by atoms with van der Waals surface area (Å²) in [4.78, 5) is 32.7. The highest BCUT2D eigenvalue weighted by atomic mass is 16.4. The molecule has 0 rings (SSSR count). The maximum atomic E-state index is 10.9. The molecule has 0 aliphatic heterocycles. The maximum Gasteiger partial charge on any atom is 0.303 e. The molecule has 0 unspecified atom stereocenters. The Bertz CT molecular complexity index is 506. The molecule has 0 aliphatic rings. The summed E-state index contributed by atoms with van der Waals surface area (Å²) in [6, 6.07) is 0. The maximum absolute atomic E-state index is 10.9. The minimum absolute atomic E-state index is 0.172. The largest absolute Gasteiger partial charge is 0.481 e. The summed E-state index contributed by atoms with van der Waals surface area (Å²) in [5, 5.41) is 26.9. The number of carbonyl (C=O) groups is 3. The molecule has 0 saturated heterocycles. The van der Waals surface area contributed by atoms with Crippen molar-refractivity contribution in [2.75, 3.05) is 26.2 Å². The first-order valence-electron chi connectivity index (χ1n) is 12.9. The molecule has 7 nitrogen and oxygen atoms in total. The molecule has 0 saturated carbocycles. The molecule has 0 amide bonds. The molecule has 7 heteroatoms. The topological polar surface area (TPSA) is 112 Å². The van der Waals surface area contributed by atoms with E-state index in [9.17, 15) is 14.4 Å². The molecule has 0 bridgehead atoms. The van der Waals surface area contributed by atoms with E-state index in [1.54, 1.807) is 0 Å². The summed E-state index contributed by atoms with van der Waals surface area (Å²) < 4.78 is 0.861. The van der Waals surface area contributed by atoms with Crippen LogP contribution in [-0.2, 0) is 14.4 Å². The monoisotopic (exact) mass is 470 g/mol. The van der Waals surface area contributed by atoms with Crippen LogP contribution >= 0.6 is 0 Å². The number of quaternary nitrogens is 1. The summed E-state index contributed by atoms with van der Waals surface area (Å²) >= 11 is 0. The van der Waals surface area contributed by atoms with E-state index < -0.39 is 17.9 Å². The van der Waals surface area contributed by atoms with E-state index in [4.69, 9.17) is 15.3 Å². The number of nitrogens with zero attached hydrogens (tertiary/aromatic N) is 1. The van der Waals surface area contributed by atoms with Crippen molar-refractivity contribution >= 4 is 17.9 Å². The molecule has 3 N–H and O–H groups in total. The second-order valence-corrected chi connectivity index (χ2v) is 9.27. The second kappa shape index (κ2) is 20.7. The molecule has 0 spiro atoms. The van der Waals surface area contributed by atoms with Gasteiger partial charge in [0.1, 0.15) is 0 Å². The van der Waals surface area contributed by atoms with Gasteiger partial charge in [-0.3, -0.25) is 14.4 Å². The molecule has 0 atom stereocenters. The van der Waals surface area contributed by atoms with Crippen LogP contribution in [0.5, 0.6) is 0 Å². The molecule has 0 aromatic heterocycles.